The standard InChI is InChI=1S/C22H31F2N5O2/c1-21(2,3)31-19(25)27-10-7-22(4,13-27)28-8-5-14(6-9-28)29-18-12-16(24)15(23)11-17(18)26-20(29)30/h11-12,14,25H,5-10,13H2,1-4H3,(H,26,30). The summed E-state index contributed by atoms with van der Waals surface area (Å²) in [5, 5.41) is 8.28. The number of aromatic nitrogens is 2. The molecule has 9 heteroatoms. The molecular weight excluding hydrogens is 404 g/mol. The summed E-state index contributed by atoms with van der Waals surface area (Å²) in [7, 11) is 0. The van der Waals surface area contributed by atoms with Crippen LogP contribution in [0.25, 0.3) is 11.0 Å². The first kappa shape index (κ1) is 21.8. The molecule has 7 nitrogen and oxygen atoms in total. The summed E-state index contributed by atoms with van der Waals surface area (Å²) < 4.78 is 34.6. The first-order valence-electron chi connectivity index (χ1n) is 10.8. The van der Waals surface area contributed by atoms with Gasteiger partial charge in [-0.1, -0.05) is 0 Å². The molecule has 1 unspecified atom stereocenters. The van der Waals surface area contributed by atoms with Crippen molar-refractivity contribution in [3.63, 3.8) is 0 Å². The summed E-state index contributed by atoms with van der Waals surface area (Å²) >= 11 is 0. The maximum atomic E-state index is 13.8. The number of likely N-dealkylation sites (tertiary alicyclic amines) is 2. The number of rotatable bonds is 2. The molecule has 170 valence electrons. The Kier molecular flexibility index (Phi) is 5.36. The molecule has 0 aliphatic carbocycles. The van der Waals surface area contributed by atoms with Gasteiger partial charge in [0.2, 0.25) is 0 Å². The largest absolute Gasteiger partial charge is 0.460 e. The third-order valence-corrected chi connectivity index (χ3v) is 6.49. The lowest BCUT2D eigenvalue weighted by molar-refractivity contribution is 0.0625. The Labute approximate surface area is 180 Å². The Morgan fingerprint density at radius 2 is 1.84 bits per heavy atom. The van der Waals surface area contributed by atoms with Crippen LogP contribution >= 0.6 is 0 Å². The highest BCUT2D eigenvalue weighted by Crippen LogP contribution is 2.34. The Hall–Kier alpha value is -2.42. The van der Waals surface area contributed by atoms with E-state index in [1.807, 2.05) is 25.7 Å². The zero-order chi connectivity index (χ0) is 22.6. The molecule has 2 fully saturated rings. The molecule has 0 saturated carbocycles. The molecule has 31 heavy (non-hydrogen) atoms. The van der Waals surface area contributed by atoms with Crippen molar-refractivity contribution in [1.29, 1.82) is 5.41 Å². The number of fused-ring (bicyclic) bond motifs is 1. The average molecular weight is 436 g/mol. The van der Waals surface area contributed by atoms with Gasteiger partial charge in [-0.15, -0.1) is 0 Å². The number of amidine groups is 1. The summed E-state index contributed by atoms with van der Waals surface area (Å²) in [6.07, 6.45) is 2.43. The lowest BCUT2D eigenvalue weighted by Gasteiger charge is -2.43. The molecule has 0 amide bonds. The fourth-order valence-electron chi connectivity index (χ4n) is 4.88. The van der Waals surface area contributed by atoms with E-state index >= 15 is 0 Å². The highest BCUT2D eigenvalue weighted by atomic mass is 19.2. The van der Waals surface area contributed by atoms with Gasteiger partial charge >= 0.3 is 5.69 Å². The van der Waals surface area contributed by atoms with Crippen LogP contribution in [0.15, 0.2) is 16.9 Å². The molecule has 2 aliphatic rings. The molecule has 2 aliphatic heterocycles. The van der Waals surface area contributed by atoms with Crippen LogP contribution in [0.2, 0.25) is 0 Å². The van der Waals surface area contributed by atoms with Gasteiger partial charge in [-0.3, -0.25) is 14.9 Å². The van der Waals surface area contributed by atoms with Gasteiger partial charge in [0.25, 0.3) is 6.02 Å². The molecule has 0 spiro atoms. The zero-order valence-electron chi connectivity index (χ0n) is 18.6. The topological polar surface area (TPSA) is 77.3 Å². The molecule has 2 aromatic rings. The van der Waals surface area contributed by atoms with Gasteiger partial charge in [-0.25, -0.2) is 13.6 Å². The summed E-state index contributed by atoms with van der Waals surface area (Å²) in [5.74, 6) is -1.91. The van der Waals surface area contributed by atoms with Crippen LogP contribution in [-0.4, -0.2) is 62.7 Å². The van der Waals surface area contributed by atoms with Crippen molar-refractivity contribution in [3.05, 3.63) is 34.3 Å². The van der Waals surface area contributed by atoms with Crippen molar-refractivity contribution in [2.24, 2.45) is 0 Å². The highest BCUT2D eigenvalue weighted by Gasteiger charge is 2.42. The van der Waals surface area contributed by atoms with Gasteiger partial charge in [0.15, 0.2) is 11.6 Å². The molecule has 1 atom stereocenters. The molecule has 1 aromatic heterocycles. The van der Waals surface area contributed by atoms with E-state index in [0.29, 0.717) is 11.0 Å². The zero-order valence-corrected chi connectivity index (χ0v) is 18.6. The third kappa shape index (κ3) is 4.20. The van der Waals surface area contributed by atoms with Crippen LogP contribution < -0.4 is 5.69 Å². The van der Waals surface area contributed by atoms with E-state index in [9.17, 15) is 13.6 Å². The Bertz CT molecular complexity index is 1050. The normalized spacial score (nSPS) is 23.6. The van der Waals surface area contributed by atoms with Crippen molar-refractivity contribution < 1.29 is 13.5 Å². The van der Waals surface area contributed by atoms with Crippen molar-refractivity contribution >= 4 is 17.1 Å². The lowest BCUT2D eigenvalue weighted by atomic mass is 9.93. The van der Waals surface area contributed by atoms with Crippen LogP contribution in [0.1, 0.15) is 53.0 Å². The summed E-state index contributed by atoms with van der Waals surface area (Å²) in [5.41, 5.74) is -0.0672. The number of aromatic amines is 1. The number of benzene rings is 1. The Morgan fingerprint density at radius 3 is 2.48 bits per heavy atom. The quantitative estimate of drug-likeness (QED) is 0.560. The van der Waals surface area contributed by atoms with Crippen LogP contribution in [0.5, 0.6) is 0 Å². The molecule has 0 bridgehead atoms. The van der Waals surface area contributed by atoms with E-state index in [-0.39, 0.29) is 23.3 Å². The smallest absolute Gasteiger partial charge is 0.326 e. The van der Waals surface area contributed by atoms with E-state index in [1.54, 1.807) is 4.57 Å². The molecule has 4 rings (SSSR count). The van der Waals surface area contributed by atoms with E-state index in [4.69, 9.17) is 10.1 Å². The van der Waals surface area contributed by atoms with Gasteiger partial charge in [-0.2, -0.15) is 0 Å². The molecule has 0 radical (unpaired) electrons. The Balaban J connectivity index is 1.44. The van der Waals surface area contributed by atoms with E-state index in [1.165, 1.54) is 0 Å². The fraction of sp³-hybridized carbons (Fsp3) is 0.636. The number of ether oxygens (including phenoxy) is 1. The van der Waals surface area contributed by atoms with Crippen LogP contribution in [0.3, 0.4) is 0 Å². The van der Waals surface area contributed by atoms with Crippen molar-refractivity contribution in [2.45, 2.75) is 64.1 Å². The van der Waals surface area contributed by atoms with E-state index in [0.717, 1.165) is 57.6 Å². The van der Waals surface area contributed by atoms with E-state index in [2.05, 4.69) is 16.8 Å². The highest BCUT2D eigenvalue weighted by molar-refractivity contribution is 5.75. The minimum Gasteiger partial charge on any atom is -0.460 e. The fourth-order valence-corrected chi connectivity index (χ4v) is 4.88. The monoisotopic (exact) mass is 435 g/mol. The van der Waals surface area contributed by atoms with Gasteiger partial charge in [0, 0.05) is 49.9 Å². The van der Waals surface area contributed by atoms with E-state index < -0.39 is 17.2 Å². The summed E-state index contributed by atoms with van der Waals surface area (Å²) in [4.78, 5) is 19.6. The number of nitrogens with zero attached hydrogens (tertiary/aromatic N) is 3. The second-order valence-electron chi connectivity index (χ2n) is 9.99. The first-order valence-corrected chi connectivity index (χ1v) is 10.8. The van der Waals surface area contributed by atoms with Crippen molar-refractivity contribution in [2.75, 3.05) is 26.2 Å². The minimum atomic E-state index is -0.963. The SMILES string of the molecule is CC(C)(C)OC(=N)N1CCC(C)(N2CCC(n3c(=O)[nH]c4cc(F)c(F)cc43)CC2)C1. The maximum Gasteiger partial charge on any atom is 0.326 e. The summed E-state index contributed by atoms with van der Waals surface area (Å²) in [6, 6.07) is 2.29. The number of H-pyrrole nitrogens is 1. The number of hydrogen-bond donors (Lipinski definition) is 2. The number of imidazole rings is 1. The van der Waals surface area contributed by atoms with Gasteiger partial charge in [0.05, 0.1) is 11.0 Å². The van der Waals surface area contributed by atoms with Crippen LogP contribution in [0.4, 0.5) is 8.78 Å². The average Bonchev–Trinajstić information content (AvgIpc) is 3.22. The van der Waals surface area contributed by atoms with Gasteiger partial charge in [0.1, 0.15) is 5.60 Å². The first-order chi connectivity index (χ1) is 14.5. The van der Waals surface area contributed by atoms with Crippen molar-refractivity contribution in [1.82, 2.24) is 19.4 Å². The third-order valence-electron chi connectivity index (χ3n) is 6.49. The van der Waals surface area contributed by atoms with Gasteiger partial charge in [-0.05, 0) is 47.0 Å². The number of nitrogens with one attached hydrogen (secondary N) is 2. The predicted molar refractivity (Wildman–Crippen MR) is 115 cm³/mol. The second-order valence-corrected chi connectivity index (χ2v) is 9.99. The summed E-state index contributed by atoms with van der Waals surface area (Å²) in [6.45, 7) is 11.1. The number of hydrogen-bond acceptors (Lipinski definition) is 4. The van der Waals surface area contributed by atoms with Crippen LogP contribution in [-0.2, 0) is 4.74 Å². The lowest BCUT2D eigenvalue weighted by Crippen LogP contribution is -2.52. The molecule has 3 heterocycles. The number of halogens is 2. The number of piperidine rings is 1. The Morgan fingerprint density at radius 1 is 1.19 bits per heavy atom. The molecular formula is C22H31F2N5O2. The second kappa shape index (κ2) is 7.62. The van der Waals surface area contributed by atoms with Crippen LogP contribution in [0, 0.1) is 17.0 Å². The molecule has 1 aromatic carbocycles. The predicted octanol–water partition coefficient (Wildman–Crippen LogP) is 3.46. The molecule has 2 saturated heterocycles. The van der Waals surface area contributed by atoms with Gasteiger partial charge < -0.3 is 14.6 Å². The van der Waals surface area contributed by atoms with Crippen molar-refractivity contribution in [3.8, 4) is 0 Å². The maximum absolute atomic E-state index is 13.8. The molecule has 2 N–H and O–H groups in total. The minimum absolute atomic E-state index is 0.0639.